The zero-order valence-corrected chi connectivity index (χ0v) is 10.2. The number of aromatic carboxylic acids is 1. The minimum Gasteiger partial charge on any atom is -0.477 e. The first-order chi connectivity index (χ1) is 9.49. The molecule has 5 nitrogen and oxygen atoms in total. The lowest BCUT2D eigenvalue weighted by molar-refractivity contribution is 0.0688. The summed E-state index contributed by atoms with van der Waals surface area (Å²) in [5.41, 5.74) is 4.83. The van der Waals surface area contributed by atoms with Crippen molar-refractivity contribution in [2.75, 3.05) is 0 Å². The summed E-state index contributed by atoms with van der Waals surface area (Å²) in [6.45, 7) is 0. The van der Waals surface area contributed by atoms with E-state index in [1.165, 1.54) is 36.4 Å². The first-order valence-electron chi connectivity index (χ1n) is 5.58. The summed E-state index contributed by atoms with van der Waals surface area (Å²) in [4.78, 5) is 21.9. The van der Waals surface area contributed by atoms with Gasteiger partial charge in [-0.3, -0.25) is 4.79 Å². The van der Waals surface area contributed by atoms with Crippen LogP contribution in [0.5, 0.6) is 11.5 Å². The van der Waals surface area contributed by atoms with Crippen LogP contribution in [0.4, 0.5) is 4.39 Å². The second kappa shape index (κ2) is 5.40. The molecule has 1 amide bonds. The van der Waals surface area contributed by atoms with E-state index >= 15 is 0 Å². The highest BCUT2D eigenvalue weighted by Crippen LogP contribution is 2.27. The predicted molar refractivity (Wildman–Crippen MR) is 68.4 cm³/mol. The molecule has 2 aromatic rings. The van der Waals surface area contributed by atoms with Crippen molar-refractivity contribution in [3.63, 3.8) is 0 Å². The van der Waals surface area contributed by atoms with E-state index < -0.39 is 23.3 Å². The van der Waals surface area contributed by atoms with Gasteiger partial charge >= 0.3 is 5.97 Å². The van der Waals surface area contributed by atoms with Crippen molar-refractivity contribution >= 4 is 11.9 Å². The molecule has 0 heterocycles. The van der Waals surface area contributed by atoms with Gasteiger partial charge in [-0.15, -0.1) is 0 Å². The summed E-state index contributed by atoms with van der Waals surface area (Å²) in [6.07, 6.45) is 0. The molecule has 0 aromatic heterocycles. The quantitative estimate of drug-likeness (QED) is 0.896. The van der Waals surface area contributed by atoms with Crippen LogP contribution >= 0.6 is 0 Å². The van der Waals surface area contributed by atoms with Crippen LogP contribution in [0.25, 0.3) is 0 Å². The van der Waals surface area contributed by atoms with Crippen LogP contribution < -0.4 is 10.5 Å². The van der Waals surface area contributed by atoms with Gasteiger partial charge in [0.1, 0.15) is 22.9 Å². The number of ether oxygens (including phenoxy) is 1. The van der Waals surface area contributed by atoms with E-state index in [-0.39, 0.29) is 17.1 Å². The molecule has 0 unspecified atom stereocenters. The Morgan fingerprint density at radius 1 is 1.10 bits per heavy atom. The number of halogens is 1. The molecule has 2 rings (SSSR count). The SMILES string of the molecule is NC(=O)c1ccc(Oc2cccc(F)c2C(=O)O)cc1. The Morgan fingerprint density at radius 2 is 1.75 bits per heavy atom. The maximum absolute atomic E-state index is 13.5. The molecule has 0 radical (unpaired) electrons. The lowest BCUT2D eigenvalue weighted by Gasteiger charge is -2.09. The van der Waals surface area contributed by atoms with Gasteiger partial charge < -0.3 is 15.6 Å². The van der Waals surface area contributed by atoms with Gasteiger partial charge in [0.15, 0.2) is 0 Å². The summed E-state index contributed by atoms with van der Waals surface area (Å²) in [7, 11) is 0. The molecule has 0 saturated heterocycles. The Hall–Kier alpha value is -2.89. The third-order valence-corrected chi connectivity index (χ3v) is 2.56. The molecular weight excluding hydrogens is 265 g/mol. The third kappa shape index (κ3) is 2.74. The van der Waals surface area contributed by atoms with Crippen LogP contribution in [0.3, 0.4) is 0 Å². The van der Waals surface area contributed by atoms with Crippen molar-refractivity contribution in [1.82, 2.24) is 0 Å². The van der Waals surface area contributed by atoms with Gasteiger partial charge in [-0.25, -0.2) is 9.18 Å². The summed E-state index contributed by atoms with van der Waals surface area (Å²) >= 11 is 0. The topological polar surface area (TPSA) is 89.6 Å². The highest BCUT2D eigenvalue weighted by molar-refractivity contribution is 5.93. The average Bonchev–Trinajstić information content (AvgIpc) is 2.39. The van der Waals surface area contributed by atoms with E-state index in [1.54, 1.807) is 0 Å². The smallest absolute Gasteiger partial charge is 0.342 e. The first kappa shape index (κ1) is 13.5. The van der Waals surface area contributed by atoms with Crippen molar-refractivity contribution in [1.29, 1.82) is 0 Å². The van der Waals surface area contributed by atoms with Gasteiger partial charge in [0.05, 0.1) is 0 Å². The number of hydrogen-bond acceptors (Lipinski definition) is 3. The number of carboxylic acid groups (broad SMARTS) is 1. The summed E-state index contributed by atoms with van der Waals surface area (Å²) in [5, 5.41) is 8.96. The Kier molecular flexibility index (Phi) is 3.65. The molecule has 0 fully saturated rings. The van der Waals surface area contributed by atoms with Gasteiger partial charge in [-0.2, -0.15) is 0 Å². The lowest BCUT2D eigenvalue weighted by atomic mass is 10.2. The molecule has 0 bridgehead atoms. The number of amides is 1. The van der Waals surface area contributed by atoms with Crippen LogP contribution in [-0.4, -0.2) is 17.0 Å². The van der Waals surface area contributed by atoms with Crippen LogP contribution in [-0.2, 0) is 0 Å². The standard InChI is InChI=1S/C14H10FNO4/c15-10-2-1-3-11(12(10)14(18)19)20-9-6-4-8(5-7-9)13(16)17/h1-7H,(H2,16,17)(H,18,19). The number of carbonyl (C=O) groups excluding carboxylic acids is 1. The van der Waals surface area contributed by atoms with E-state index in [2.05, 4.69) is 0 Å². The molecule has 0 spiro atoms. The molecule has 0 aliphatic heterocycles. The number of hydrogen-bond donors (Lipinski definition) is 2. The molecule has 6 heteroatoms. The average molecular weight is 275 g/mol. The zero-order valence-electron chi connectivity index (χ0n) is 10.2. The third-order valence-electron chi connectivity index (χ3n) is 2.56. The maximum Gasteiger partial charge on any atom is 0.342 e. The monoisotopic (exact) mass is 275 g/mol. The van der Waals surface area contributed by atoms with Crippen LogP contribution in [0, 0.1) is 5.82 Å². The Balaban J connectivity index is 2.33. The minimum atomic E-state index is -1.42. The molecule has 0 aliphatic carbocycles. The Bertz CT molecular complexity index is 667. The molecule has 102 valence electrons. The summed E-state index contributed by atoms with van der Waals surface area (Å²) < 4.78 is 18.8. The molecule has 0 atom stereocenters. The first-order valence-corrected chi connectivity index (χ1v) is 5.58. The summed E-state index contributed by atoms with van der Waals surface area (Å²) in [6, 6.07) is 9.46. The fraction of sp³-hybridized carbons (Fsp3) is 0. The van der Waals surface area contributed by atoms with Crippen molar-refractivity contribution in [2.45, 2.75) is 0 Å². The molecule has 0 aliphatic rings. The number of primary amides is 1. The fourth-order valence-corrected chi connectivity index (χ4v) is 1.61. The molecule has 3 N–H and O–H groups in total. The van der Waals surface area contributed by atoms with E-state index in [1.807, 2.05) is 0 Å². The summed E-state index contributed by atoms with van der Waals surface area (Å²) in [5.74, 6) is -2.75. The van der Waals surface area contributed by atoms with E-state index in [0.717, 1.165) is 6.07 Å². The largest absolute Gasteiger partial charge is 0.477 e. The minimum absolute atomic E-state index is 0.121. The normalized spacial score (nSPS) is 10.1. The van der Waals surface area contributed by atoms with Crippen molar-refractivity contribution in [2.24, 2.45) is 5.73 Å². The second-order valence-electron chi connectivity index (χ2n) is 3.91. The number of nitrogens with two attached hydrogens (primary N) is 1. The van der Waals surface area contributed by atoms with Gasteiger partial charge in [-0.1, -0.05) is 6.07 Å². The Morgan fingerprint density at radius 3 is 2.30 bits per heavy atom. The number of benzene rings is 2. The second-order valence-corrected chi connectivity index (χ2v) is 3.91. The molecule has 20 heavy (non-hydrogen) atoms. The van der Waals surface area contributed by atoms with Gasteiger partial charge in [0.2, 0.25) is 5.91 Å². The van der Waals surface area contributed by atoms with Crippen molar-refractivity contribution in [3.8, 4) is 11.5 Å². The van der Waals surface area contributed by atoms with Gasteiger partial charge in [0.25, 0.3) is 0 Å². The lowest BCUT2D eigenvalue weighted by Crippen LogP contribution is -2.10. The van der Waals surface area contributed by atoms with Crippen LogP contribution in [0.1, 0.15) is 20.7 Å². The zero-order chi connectivity index (χ0) is 14.7. The van der Waals surface area contributed by atoms with Crippen molar-refractivity contribution < 1.29 is 23.8 Å². The predicted octanol–water partition coefficient (Wildman–Crippen LogP) is 2.42. The van der Waals surface area contributed by atoms with Crippen LogP contribution in [0.15, 0.2) is 42.5 Å². The number of carbonyl (C=O) groups is 2. The maximum atomic E-state index is 13.5. The van der Waals surface area contributed by atoms with Gasteiger partial charge in [0, 0.05) is 5.56 Å². The van der Waals surface area contributed by atoms with E-state index in [0.29, 0.717) is 0 Å². The number of rotatable bonds is 4. The fourth-order valence-electron chi connectivity index (χ4n) is 1.61. The number of carboxylic acids is 1. The van der Waals surface area contributed by atoms with Gasteiger partial charge in [-0.05, 0) is 36.4 Å². The molecule has 0 saturated carbocycles. The van der Waals surface area contributed by atoms with Crippen molar-refractivity contribution in [3.05, 3.63) is 59.4 Å². The van der Waals surface area contributed by atoms with E-state index in [4.69, 9.17) is 15.6 Å². The van der Waals surface area contributed by atoms with E-state index in [9.17, 15) is 14.0 Å². The highest BCUT2D eigenvalue weighted by atomic mass is 19.1. The highest BCUT2D eigenvalue weighted by Gasteiger charge is 2.17. The van der Waals surface area contributed by atoms with Crippen LogP contribution in [0.2, 0.25) is 0 Å². The molecular formula is C14H10FNO4. The molecule has 2 aromatic carbocycles. The Labute approximate surface area is 113 Å².